The van der Waals surface area contributed by atoms with Gasteiger partial charge in [-0.2, -0.15) is 0 Å². The van der Waals surface area contributed by atoms with Gasteiger partial charge < -0.3 is 19.2 Å². The Morgan fingerprint density at radius 2 is 1.85 bits per heavy atom. The summed E-state index contributed by atoms with van der Waals surface area (Å²) in [4.78, 5) is 13.4. The van der Waals surface area contributed by atoms with Crippen LogP contribution in [0.1, 0.15) is 21.9 Å². The van der Waals surface area contributed by atoms with E-state index < -0.39 is 0 Å². The summed E-state index contributed by atoms with van der Waals surface area (Å²) in [6.45, 7) is 0.631. The first-order chi connectivity index (χ1) is 12.8. The van der Waals surface area contributed by atoms with E-state index in [0.29, 0.717) is 23.8 Å². The molecule has 0 unspecified atom stereocenters. The van der Waals surface area contributed by atoms with Gasteiger partial charge in [-0.05, 0) is 42.0 Å². The number of hydrogen-bond donors (Lipinski definition) is 1. The molecule has 4 rings (SSSR count). The average Bonchev–Trinajstić information content (AvgIpc) is 3.34. The van der Waals surface area contributed by atoms with E-state index in [-0.39, 0.29) is 12.7 Å². The number of thioether (sulfide) groups is 1. The molecule has 0 saturated carbocycles. The van der Waals surface area contributed by atoms with Crippen LogP contribution in [0.3, 0.4) is 0 Å². The first-order valence-corrected chi connectivity index (χ1v) is 9.20. The number of carbonyl (C=O) groups is 1. The van der Waals surface area contributed by atoms with Crippen LogP contribution in [0.2, 0.25) is 0 Å². The molecule has 1 aliphatic heterocycles. The van der Waals surface area contributed by atoms with Crippen molar-refractivity contribution in [3.05, 3.63) is 77.7 Å². The predicted octanol–water partition coefficient (Wildman–Crippen LogP) is 4.23. The fraction of sp³-hybridized carbons (Fsp3) is 0.150. The minimum absolute atomic E-state index is 0.237. The zero-order chi connectivity index (χ0) is 17.8. The summed E-state index contributed by atoms with van der Waals surface area (Å²) in [5, 5.41) is 2.86. The maximum Gasteiger partial charge on any atom is 0.287 e. The summed E-state index contributed by atoms with van der Waals surface area (Å²) in [6.07, 6.45) is 0. The van der Waals surface area contributed by atoms with Crippen LogP contribution in [0, 0.1) is 0 Å². The van der Waals surface area contributed by atoms with E-state index in [4.69, 9.17) is 13.9 Å². The molecule has 1 amide bonds. The third-order valence-corrected chi connectivity index (χ3v) is 4.93. The van der Waals surface area contributed by atoms with Crippen molar-refractivity contribution in [1.29, 1.82) is 0 Å². The molecule has 132 valence electrons. The minimum atomic E-state index is -0.237. The Bertz CT molecular complexity index is 907. The Morgan fingerprint density at radius 3 is 2.73 bits per heavy atom. The van der Waals surface area contributed by atoms with Crippen molar-refractivity contribution in [2.45, 2.75) is 17.2 Å². The van der Waals surface area contributed by atoms with E-state index >= 15 is 0 Å². The molecule has 0 fully saturated rings. The molecule has 0 aliphatic carbocycles. The van der Waals surface area contributed by atoms with Crippen LogP contribution in [-0.2, 0) is 12.3 Å². The maximum absolute atomic E-state index is 12.3. The third kappa shape index (κ3) is 3.86. The van der Waals surface area contributed by atoms with Gasteiger partial charge in [0.15, 0.2) is 17.3 Å². The third-order valence-electron chi connectivity index (χ3n) is 3.90. The van der Waals surface area contributed by atoms with Crippen LogP contribution in [0.15, 0.2) is 70.0 Å². The maximum atomic E-state index is 12.3. The molecule has 0 radical (unpaired) electrons. The van der Waals surface area contributed by atoms with Crippen LogP contribution in [0.25, 0.3) is 0 Å². The normalized spacial score (nSPS) is 12.2. The van der Waals surface area contributed by atoms with Crippen LogP contribution in [0.5, 0.6) is 11.5 Å². The predicted molar refractivity (Wildman–Crippen MR) is 98.4 cm³/mol. The van der Waals surface area contributed by atoms with Gasteiger partial charge in [-0.3, -0.25) is 4.79 Å². The molecule has 0 atom stereocenters. The Hall–Kier alpha value is -2.86. The van der Waals surface area contributed by atoms with Crippen molar-refractivity contribution >= 4 is 17.7 Å². The molecule has 3 aromatic rings. The van der Waals surface area contributed by atoms with E-state index in [9.17, 15) is 4.79 Å². The van der Waals surface area contributed by atoms with Gasteiger partial charge >= 0.3 is 0 Å². The molecule has 26 heavy (non-hydrogen) atoms. The first-order valence-electron chi connectivity index (χ1n) is 8.21. The second kappa shape index (κ2) is 7.58. The fourth-order valence-corrected chi connectivity index (χ4v) is 3.38. The monoisotopic (exact) mass is 367 g/mol. The molecule has 2 heterocycles. The van der Waals surface area contributed by atoms with E-state index in [0.717, 1.165) is 22.0 Å². The standard InChI is InChI=1S/C20H17NO4S/c22-20(21-11-14-6-8-17-19(10-14)24-13-23-17)18-9-7-15(25-18)12-26-16-4-2-1-3-5-16/h1-10H,11-13H2,(H,21,22). The second-order valence-electron chi connectivity index (χ2n) is 5.74. The lowest BCUT2D eigenvalue weighted by molar-refractivity contribution is 0.0921. The molecule has 1 aliphatic rings. The van der Waals surface area contributed by atoms with E-state index in [2.05, 4.69) is 5.32 Å². The van der Waals surface area contributed by atoms with Gasteiger partial charge in [-0.25, -0.2) is 0 Å². The zero-order valence-corrected chi connectivity index (χ0v) is 14.8. The Morgan fingerprint density at radius 1 is 1.00 bits per heavy atom. The summed E-state index contributed by atoms with van der Waals surface area (Å²) >= 11 is 1.67. The number of carbonyl (C=O) groups excluding carboxylic acids is 1. The number of fused-ring (bicyclic) bond motifs is 1. The van der Waals surface area contributed by atoms with Gasteiger partial charge in [0.05, 0.1) is 5.75 Å². The van der Waals surface area contributed by atoms with Crippen molar-refractivity contribution in [1.82, 2.24) is 5.32 Å². The summed E-state index contributed by atoms with van der Waals surface area (Å²) in [7, 11) is 0. The van der Waals surface area contributed by atoms with Gasteiger partial charge in [-0.15, -0.1) is 11.8 Å². The lowest BCUT2D eigenvalue weighted by Gasteiger charge is -2.05. The number of nitrogens with one attached hydrogen (secondary N) is 1. The first kappa shape index (κ1) is 16.6. The summed E-state index contributed by atoms with van der Waals surface area (Å²) in [5.74, 6) is 2.96. The van der Waals surface area contributed by atoms with Crippen molar-refractivity contribution in [3.8, 4) is 11.5 Å². The number of furan rings is 1. The second-order valence-corrected chi connectivity index (χ2v) is 6.79. The summed E-state index contributed by atoms with van der Waals surface area (Å²) < 4.78 is 16.3. The summed E-state index contributed by atoms with van der Waals surface area (Å²) in [6, 6.07) is 19.2. The lowest BCUT2D eigenvalue weighted by Crippen LogP contribution is -2.22. The van der Waals surface area contributed by atoms with E-state index in [1.807, 2.05) is 54.6 Å². The van der Waals surface area contributed by atoms with Crippen molar-refractivity contribution in [2.24, 2.45) is 0 Å². The Labute approximate surface area is 155 Å². The number of ether oxygens (including phenoxy) is 2. The van der Waals surface area contributed by atoms with E-state index in [1.165, 1.54) is 0 Å². The van der Waals surface area contributed by atoms with Crippen LogP contribution in [0.4, 0.5) is 0 Å². The topological polar surface area (TPSA) is 60.7 Å². The van der Waals surface area contributed by atoms with E-state index in [1.54, 1.807) is 17.8 Å². The average molecular weight is 367 g/mol. The molecular weight excluding hydrogens is 350 g/mol. The molecule has 0 bridgehead atoms. The number of rotatable bonds is 6. The highest BCUT2D eigenvalue weighted by atomic mass is 32.2. The van der Waals surface area contributed by atoms with Crippen LogP contribution >= 0.6 is 11.8 Å². The number of benzene rings is 2. The highest BCUT2D eigenvalue weighted by Gasteiger charge is 2.15. The Kier molecular flexibility index (Phi) is 4.84. The van der Waals surface area contributed by atoms with Crippen LogP contribution < -0.4 is 14.8 Å². The zero-order valence-electron chi connectivity index (χ0n) is 13.9. The highest BCUT2D eigenvalue weighted by molar-refractivity contribution is 7.98. The number of hydrogen-bond acceptors (Lipinski definition) is 5. The minimum Gasteiger partial charge on any atom is -0.455 e. The van der Waals surface area contributed by atoms with Crippen molar-refractivity contribution in [2.75, 3.05) is 6.79 Å². The largest absolute Gasteiger partial charge is 0.455 e. The highest BCUT2D eigenvalue weighted by Crippen LogP contribution is 2.32. The van der Waals surface area contributed by atoms with Gasteiger partial charge in [0.2, 0.25) is 6.79 Å². The quantitative estimate of drug-likeness (QED) is 0.661. The molecule has 5 nitrogen and oxygen atoms in total. The summed E-state index contributed by atoms with van der Waals surface area (Å²) in [5.41, 5.74) is 0.939. The molecule has 6 heteroatoms. The van der Waals surface area contributed by atoms with Gasteiger partial charge in [-0.1, -0.05) is 24.3 Å². The molecule has 0 saturated heterocycles. The Balaban J connectivity index is 1.31. The van der Waals surface area contributed by atoms with Gasteiger partial charge in [0.1, 0.15) is 5.76 Å². The smallest absolute Gasteiger partial charge is 0.287 e. The van der Waals surface area contributed by atoms with Gasteiger partial charge in [0.25, 0.3) is 5.91 Å². The molecular formula is C20H17NO4S. The lowest BCUT2D eigenvalue weighted by atomic mass is 10.2. The number of amides is 1. The van der Waals surface area contributed by atoms with Crippen molar-refractivity contribution in [3.63, 3.8) is 0 Å². The fourth-order valence-electron chi connectivity index (χ4n) is 2.57. The molecule has 2 aromatic carbocycles. The van der Waals surface area contributed by atoms with Crippen molar-refractivity contribution < 1.29 is 18.7 Å². The molecule has 1 aromatic heterocycles. The van der Waals surface area contributed by atoms with Gasteiger partial charge in [0, 0.05) is 11.4 Å². The molecule has 0 spiro atoms. The SMILES string of the molecule is O=C(NCc1ccc2c(c1)OCO2)c1ccc(CSc2ccccc2)o1. The van der Waals surface area contributed by atoms with Crippen LogP contribution in [-0.4, -0.2) is 12.7 Å². The molecule has 1 N–H and O–H groups in total.